The van der Waals surface area contributed by atoms with Crippen LogP contribution in [0.5, 0.6) is 5.75 Å². The van der Waals surface area contributed by atoms with E-state index in [-0.39, 0.29) is 11.5 Å². The van der Waals surface area contributed by atoms with E-state index in [1.165, 1.54) is 25.8 Å². The summed E-state index contributed by atoms with van der Waals surface area (Å²) in [5.74, 6) is 0.744. The fourth-order valence-electron chi connectivity index (χ4n) is 7.29. The van der Waals surface area contributed by atoms with Crippen LogP contribution in [0.1, 0.15) is 89.5 Å². The summed E-state index contributed by atoms with van der Waals surface area (Å²) < 4.78 is 47.0. The first-order valence-electron chi connectivity index (χ1n) is 16.7. The summed E-state index contributed by atoms with van der Waals surface area (Å²) >= 11 is 0. The predicted molar refractivity (Wildman–Crippen MR) is 185 cm³/mol. The second kappa shape index (κ2) is 12.9. The molecule has 48 heavy (non-hydrogen) atoms. The summed E-state index contributed by atoms with van der Waals surface area (Å²) in [5.41, 5.74) is 6.61. The van der Waals surface area contributed by atoms with Gasteiger partial charge in [-0.15, -0.1) is 0 Å². The van der Waals surface area contributed by atoms with Gasteiger partial charge < -0.3 is 23.4 Å². The van der Waals surface area contributed by atoms with Crippen molar-refractivity contribution in [3.8, 4) is 17.0 Å². The topological polar surface area (TPSA) is 120 Å². The highest BCUT2D eigenvalue weighted by molar-refractivity contribution is 7.90. The number of morpholine rings is 1. The van der Waals surface area contributed by atoms with Crippen molar-refractivity contribution in [2.24, 2.45) is 0 Å². The molecule has 2 aromatic heterocycles. The third-order valence-corrected chi connectivity index (χ3v) is 11.6. The smallest absolute Gasteiger partial charge is 0.264 e. The molecule has 0 radical (unpaired) electrons. The quantitative estimate of drug-likeness (QED) is 0.240. The van der Waals surface area contributed by atoms with Gasteiger partial charge in [-0.1, -0.05) is 25.3 Å². The maximum absolute atomic E-state index is 13.8. The number of hydrogen-bond acceptors (Lipinski definition) is 7. The third kappa shape index (κ3) is 5.83. The van der Waals surface area contributed by atoms with E-state index in [9.17, 15) is 18.0 Å². The number of carbonyl (C=O) groups is 2. The Kier molecular flexibility index (Phi) is 8.68. The number of nitrogens with one attached hydrogen (secondary N) is 1. The van der Waals surface area contributed by atoms with Crippen molar-refractivity contribution in [1.82, 2.24) is 14.2 Å². The molecule has 4 heterocycles. The van der Waals surface area contributed by atoms with Crippen molar-refractivity contribution < 1.29 is 31.9 Å². The zero-order chi connectivity index (χ0) is 33.6. The van der Waals surface area contributed by atoms with Crippen molar-refractivity contribution in [2.75, 3.05) is 33.4 Å². The van der Waals surface area contributed by atoms with E-state index in [4.69, 9.17) is 13.9 Å². The molecule has 1 saturated carbocycles. The molecule has 1 aliphatic carbocycles. The van der Waals surface area contributed by atoms with Crippen molar-refractivity contribution in [2.45, 2.75) is 63.7 Å². The van der Waals surface area contributed by atoms with Crippen LogP contribution in [0.15, 0.2) is 53.1 Å². The first-order valence-corrected chi connectivity index (χ1v) is 18.3. The van der Waals surface area contributed by atoms with Crippen LogP contribution in [-0.4, -0.2) is 68.4 Å². The van der Waals surface area contributed by atoms with E-state index >= 15 is 0 Å². The Morgan fingerprint density at radius 3 is 2.50 bits per heavy atom. The number of aromatic nitrogens is 1. The lowest BCUT2D eigenvalue weighted by Crippen LogP contribution is -2.40. The van der Waals surface area contributed by atoms with E-state index in [1.807, 2.05) is 18.2 Å². The molecular weight excluding hydrogens is 630 g/mol. The molecule has 0 unspecified atom stereocenters. The van der Waals surface area contributed by atoms with Crippen LogP contribution in [0.4, 0.5) is 0 Å². The minimum absolute atomic E-state index is 0.108. The van der Waals surface area contributed by atoms with Gasteiger partial charge in [0.25, 0.3) is 11.8 Å². The number of methoxy groups -OCH3 is 1. The zero-order valence-electron chi connectivity index (χ0n) is 27.6. The molecule has 2 fully saturated rings. The van der Waals surface area contributed by atoms with Gasteiger partial charge in [-0.3, -0.25) is 9.59 Å². The Morgan fingerprint density at radius 2 is 1.77 bits per heavy atom. The molecule has 4 aromatic rings. The van der Waals surface area contributed by atoms with Gasteiger partial charge in [0.05, 0.1) is 49.6 Å². The average Bonchev–Trinajstić information content (AvgIpc) is 3.67. The highest BCUT2D eigenvalue weighted by Gasteiger charge is 2.32. The van der Waals surface area contributed by atoms with E-state index in [2.05, 4.69) is 21.4 Å². The molecular formula is C37H41N3O7S. The summed E-state index contributed by atoms with van der Waals surface area (Å²) in [7, 11) is -2.18. The minimum Gasteiger partial charge on any atom is -0.497 e. The monoisotopic (exact) mass is 671 g/mol. The molecule has 2 aromatic carbocycles. The van der Waals surface area contributed by atoms with Gasteiger partial charge in [0.1, 0.15) is 11.5 Å². The average molecular weight is 672 g/mol. The number of furan rings is 1. The molecule has 2 aliphatic heterocycles. The number of benzene rings is 2. The molecule has 252 valence electrons. The third-order valence-electron chi connectivity index (χ3n) is 9.89. The molecule has 3 aliphatic rings. The highest BCUT2D eigenvalue weighted by Crippen LogP contribution is 2.48. The van der Waals surface area contributed by atoms with Crippen LogP contribution in [0.25, 0.3) is 33.8 Å². The number of rotatable bonds is 7. The first kappa shape index (κ1) is 32.2. The largest absolute Gasteiger partial charge is 0.497 e. The van der Waals surface area contributed by atoms with Crippen LogP contribution >= 0.6 is 0 Å². The standard InChI is InChI=1S/C37H41N3O7S/c1-23(2)48(43,44)38-36(41)25-9-11-30-32(21-25)40-22-27(35-31(13-16-47-35)37(42)39-14-17-46-18-15-39)19-26-20-28(45-3)10-12-29(26)34(40)33(30)24-7-5-4-6-8-24/h9-13,16,19-21,23-24H,4-8,14-15,17-18,22H2,1-3H3,(H,38,41). The number of hydrogen-bond donors (Lipinski definition) is 1. The van der Waals surface area contributed by atoms with Gasteiger partial charge in [0, 0.05) is 40.7 Å². The van der Waals surface area contributed by atoms with Gasteiger partial charge >= 0.3 is 0 Å². The second-order valence-electron chi connectivity index (χ2n) is 13.1. The summed E-state index contributed by atoms with van der Waals surface area (Å²) in [5, 5.41) is 0.281. The number of fused-ring (bicyclic) bond motifs is 5. The summed E-state index contributed by atoms with van der Waals surface area (Å²) in [4.78, 5) is 28.9. The molecule has 2 amide bonds. The number of nitrogens with zero attached hydrogens (tertiary/aromatic N) is 2. The lowest BCUT2D eigenvalue weighted by molar-refractivity contribution is 0.0302. The molecule has 7 rings (SSSR count). The number of sulfonamides is 1. The van der Waals surface area contributed by atoms with Crippen LogP contribution < -0.4 is 9.46 Å². The van der Waals surface area contributed by atoms with Crippen LogP contribution in [0, 0.1) is 0 Å². The lowest BCUT2D eigenvalue weighted by atomic mass is 9.81. The van der Waals surface area contributed by atoms with Crippen molar-refractivity contribution in [3.05, 3.63) is 76.7 Å². The maximum Gasteiger partial charge on any atom is 0.264 e. The molecule has 0 bridgehead atoms. The van der Waals surface area contributed by atoms with Gasteiger partial charge in [0.15, 0.2) is 0 Å². The molecule has 11 heteroatoms. The predicted octanol–water partition coefficient (Wildman–Crippen LogP) is 6.45. The van der Waals surface area contributed by atoms with E-state index in [0.717, 1.165) is 59.0 Å². The van der Waals surface area contributed by atoms with Gasteiger partial charge in [-0.25, -0.2) is 13.1 Å². The van der Waals surface area contributed by atoms with Gasteiger partial charge in [-0.2, -0.15) is 0 Å². The lowest BCUT2D eigenvalue weighted by Gasteiger charge is -2.26. The second-order valence-corrected chi connectivity index (χ2v) is 15.4. The highest BCUT2D eigenvalue weighted by atomic mass is 32.2. The Morgan fingerprint density at radius 1 is 1.00 bits per heavy atom. The Bertz CT molecular complexity index is 2030. The maximum atomic E-state index is 13.8. The summed E-state index contributed by atoms with van der Waals surface area (Å²) in [6, 6.07) is 13.3. The molecule has 10 nitrogen and oxygen atoms in total. The normalized spacial score (nSPS) is 17.1. The van der Waals surface area contributed by atoms with Crippen molar-refractivity contribution >= 4 is 44.4 Å². The van der Waals surface area contributed by atoms with Crippen LogP contribution in [0.2, 0.25) is 0 Å². The van der Waals surface area contributed by atoms with Crippen LogP contribution in [0.3, 0.4) is 0 Å². The number of amides is 2. The number of carbonyl (C=O) groups excluding carboxylic acids is 2. The summed E-state index contributed by atoms with van der Waals surface area (Å²) in [6.07, 6.45) is 9.23. The fraction of sp³-hybridized carbons (Fsp3) is 0.405. The van der Waals surface area contributed by atoms with E-state index < -0.39 is 21.2 Å². The molecule has 0 spiro atoms. The van der Waals surface area contributed by atoms with Crippen molar-refractivity contribution in [1.29, 1.82) is 0 Å². The Labute approximate surface area is 280 Å². The summed E-state index contributed by atoms with van der Waals surface area (Å²) in [6.45, 7) is 5.44. The van der Waals surface area contributed by atoms with Gasteiger partial charge in [0.2, 0.25) is 10.0 Å². The molecule has 0 atom stereocenters. The Balaban J connectivity index is 1.43. The Hall–Kier alpha value is -4.35. The van der Waals surface area contributed by atoms with Crippen molar-refractivity contribution in [3.63, 3.8) is 0 Å². The number of allylic oxidation sites excluding steroid dienone is 1. The minimum atomic E-state index is -3.82. The molecule has 1 saturated heterocycles. The van der Waals surface area contributed by atoms with Gasteiger partial charge in [-0.05, 0) is 86.2 Å². The first-order chi connectivity index (χ1) is 23.2. The zero-order valence-corrected chi connectivity index (χ0v) is 28.4. The van der Waals surface area contributed by atoms with E-state index in [1.54, 1.807) is 36.5 Å². The number of ether oxygens (including phenoxy) is 2. The van der Waals surface area contributed by atoms with E-state index in [0.29, 0.717) is 55.8 Å². The van der Waals surface area contributed by atoms with Crippen LogP contribution in [-0.2, 0) is 21.3 Å². The fourth-order valence-corrected chi connectivity index (χ4v) is 7.90. The SMILES string of the molecule is COc1ccc2c(c1)C=C(c1occc1C(=O)N1CCOCC1)Cn1c-2c(C2CCCCC2)c2ccc(C(=O)NS(=O)(=O)C(C)C)cc21. The molecule has 1 N–H and O–H groups in total.